The Bertz CT molecular complexity index is 887. The second-order valence-electron chi connectivity index (χ2n) is 6.40. The van der Waals surface area contributed by atoms with E-state index >= 15 is 0 Å². The summed E-state index contributed by atoms with van der Waals surface area (Å²) in [4.78, 5) is 16.6. The molecule has 1 aromatic heterocycles. The van der Waals surface area contributed by atoms with Gasteiger partial charge in [0.2, 0.25) is 11.1 Å². The van der Waals surface area contributed by atoms with Crippen LogP contribution in [0.1, 0.15) is 30.9 Å². The Balaban J connectivity index is 1.56. The molecule has 0 saturated carbocycles. The molecule has 0 unspecified atom stereocenters. The number of aryl methyl sites for hydroxylation is 1. The van der Waals surface area contributed by atoms with E-state index in [-0.39, 0.29) is 11.7 Å². The van der Waals surface area contributed by atoms with E-state index in [1.165, 1.54) is 17.3 Å². The van der Waals surface area contributed by atoms with Crippen LogP contribution in [0.4, 0.5) is 5.69 Å². The molecular formula is C20H22N4OS. The van der Waals surface area contributed by atoms with Crippen molar-refractivity contribution in [3.63, 3.8) is 0 Å². The number of thioether (sulfide) groups is 1. The summed E-state index contributed by atoms with van der Waals surface area (Å²) in [6.07, 6.45) is 0. The van der Waals surface area contributed by atoms with E-state index < -0.39 is 0 Å². The molecule has 134 valence electrons. The molecule has 1 amide bonds. The van der Waals surface area contributed by atoms with Crippen molar-refractivity contribution in [2.45, 2.75) is 31.8 Å². The van der Waals surface area contributed by atoms with Crippen LogP contribution in [-0.2, 0) is 4.79 Å². The Hall–Kier alpha value is -2.60. The summed E-state index contributed by atoms with van der Waals surface area (Å²) in [7, 11) is 0. The van der Waals surface area contributed by atoms with Crippen LogP contribution in [-0.4, -0.2) is 26.8 Å². The number of anilines is 1. The number of aromatic nitrogens is 3. The monoisotopic (exact) mass is 366 g/mol. The zero-order valence-corrected chi connectivity index (χ0v) is 15.9. The van der Waals surface area contributed by atoms with Crippen LogP contribution >= 0.6 is 11.8 Å². The molecule has 1 heterocycles. The van der Waals surface area contributed by atoms with Crippen LogP contribution < -0.4 is 5.32 Å². The Morgan fingerprint density at radius 3 is 2.58 bits per heavy atom. The SMILES string of the molecule is Cc1ccccc1-c1nc(SCC(=O)Nc2ccc(C(C)C)cc2)n[nH]1. The fraction of sp³-hybridized carbons (Fsp3) is 0.250. The largest absolute Gasteiger partial charge is 0.325 e. The molecule has 5 nitrogen and oxygen atoms in total. The number of hydrogen-bond acceptors (Lipinski definition) is 4. The average molecular weight is 366 g/mol. The van der Waals surface area contributed by atoms with Crippen LogP contribution in [0.25, 0.3) is 11.4 Å². The maximum atomic E-state index is 12.1. The molecule has 0 saturated heterocycles. The number of H-pyrrole nitrogens is 1. The highest BCUT2D eigenvalue weighted by Crippen LogP contribution is 2.22. The number of nitrogens with one attached hydrogen (secondary N) is 2. The number of amides is 1. The average Bonchev–Trinajstić information content (AvgIpc) is 3.09. The van der Waals surface area contributed by atoms with E-state index in [4.69, 9.17) is 0 Å². The topological polar surface area (TPSA) is 70.7 Å². The molecule has 0 bridgehead atoms. The zero-order valence-electron chi connectivity index (χ0n) is 15.1. The third-order valence-corrected chi connectivity index (χ3v) is 4.91. The lowest BCUT2D eigenvalue weighted by Crippen LogP contribution is -2.14. The van der Waals surface area contributed by atoms with Gasteiger partial charge in [-0.1, -0.05) is 62.0 Å². The van der Waals surface area contributed by atoms with Gasteiger partial charge in [-0.15, -0.1) is 5.10 Å². The molecule has 3 aromatic rings. The zero-order chi connectivity index (χ0) is 18.5. The number of nitrogens with zero attached hydrogens (tertiary/aromatic N) is 2. The fourth-order valence-corrected chi connectivity index (χ4v) is 3.15. The number of aromatic amines is 1. The van der Waals surface area contributed by atoms with Crippen molar-refractivity contribution in [2.75, 3.05) is 11.1 Å². The van der Waals surface area contributed by atoms with Crippen molar-refractivity contribution in [3.05, 3.63) is 59.7 Å². The van der Waals surface area contributed by atoms with E-state index in [0.717, 1.165) is 22.6 Å². The second-order valence-corrected chi connectivity index (χ2v) is 7.34. The minimum atomic E-state index is -0.0745. The second kappa shape index (κ2) is 8.19. The van der Waals surface area contributed by atoms with Crippen molar-refractivity contribution in [2.24, 2.45) is 0 Å². The summed E-state index contributed by atoms with van der Waals surface area (Å²) in [5.41, 5.74) is 4.20. The summed E-state index contributed by atoms with van der Waals surface area (Å²) in [6.45, 7) is 6.32. The third kappa shape index (κ3) is 4.52. The lowest BCUT2D eigenvalue weighted by Gasteiger charge is -2.08. The lowest BCUT2D eigenvalue weighted by atomic mass is 10.0. The van der Waals surface area contributed by atoms with Gasteiger partial charge in [-0.2, -0.15) is 0 Å². The van der Waals surface area contributed by atoms with Crippen LogP contribution in [0.5, 0.6) is 0 Å². The van der Waals surface area contributed by atoms with Crippen LogP contribution in [0.2, 0.25) is 0 Å². The summed E-state index contributed by atoms with van der Waals surface area (Å²) < 4.78 is 0. The van der Waals surface area contributed by atoms with Gasteiger partial charge in [-0.3, -0.25) is 9.89 Å². The van der Waals surface area contributed by atoms with E-state index in [0.29, 0.717) is 11.1 Å². The van der Waals surface area contributed by atoms with E-state index in [1.54, 1.807) is 0 Å². The minimum Gasteiger partial charge on any atom is -0.325 e. The van der Waals surface area contributed by atoms with Gasteiger partial charge in [-0.25, -0.2) is 4.98 Å². The number of carbonyl (C=O) groups is 1. The van der Waals surface area contributed by atoms with E-state index in [2.05, 4.69) is 34.3 Å². The molecule has 0 aliphatic heterocycles. The Labute approximate surface area is 157 Å². The number of carbonyl (C=O) groups excluding carboxylic acids is 1. The molecule has 26 heavy (non-hydrogen) atoms. The quantitative estimate of drug-likeness (QED) is 0.624. The highest BCUT2D eigenvalue weighted by molar-refractivity contribution is 7.99. The first-order chi connectivity index (χ1) is 12.5. The van der Waals surface area contributed by atoms with Crippen molar-refractivity contribution in [3.8, 4) is 11.4 Å². The lowest BCUT2D eigenvalue weighted by molar-refractivity contribution is -0.113. The molecule has 2 N–H and O–H groups in total. The first kappa shape index (κ1) is 18.2. The number of rotatable bonds is 6. The van der Waals surface area contributed by atoms with Crippen molar-refractivity contribution in [1.82, 2.24) is 15.2 Å². The Morgan fingerprint density at radius 1 is 1.15 bits per heavy atom. The summed E-state index contributed by atoms with van der Waals surface area (Å²) >= 11 is 1.31. The molecule has 0 atom stereocenters. The Kier molecular flexibility index (Phi) is 5.73. The van der Waals surface area contributed by atoms with E-state index in [9.17, 15) is 4.79 Å². The van der Waals surface area contributed by atoms with Crippen molar-refractivity contribution in [1.29, 1.82) is 0 Å². The van der Waals surface area contributed by atoms with Gasteiger partial charge in [0.1, 0.15) is 0 Å². The standard InChI is InChI=1S/C20H22N4OS/c1-13(2)15-8-10-16(11-9-15)21-18(25)12-26-20-22-19(23-24-20)17-7-5-4-6-14(17)3/h4-11,13H,12H2,1-3H3,(H,21,25)(H,22,23,24). The molecule has 2 aromatic carbocycles. The van der Waals surface area contributed by atoms with Gasteiger partial charge in [0.05, 0.1) is 5.75 Å². The summed E-state index contributed by atoms with van der Waals surface area (Å²) in [5, 5.41) is 10.6. The third-order valence-electron chi connectivity index (χ3n) is 4.06. The van der Waals surface area contributed by atoms with Crippen molar-refractivity contribution >= 4 is 23.4 Å². The van der Waals surface area contributed by atoms with Crippen molar-refractivity contribution < 1.29 is 4.79 Å². The first-order valence-electron chi connectivity index (χ1n) is 8.54. The summed E-state index contributed by atoms with van der Waals surface area (Å²) in [5.74, 6) is 1.38. The van der Waals surface area contributed by atoms with Gasteiger partial charge in [0, 0.05) is 11.3 Å². The van der Waals surface area contributed by atoms with Gasteiger partial charge >= 0.3 is 0 Å². The molecule has 0 fully saturated rings. The molecule has 3 rings (SSSR count). The first-order valence-corrected chi connectivity index (χ1v) is 9.52. The number of benzene rings is 2. The van der Waals surface area contributed by atoms with Crippen LogP contribution in [0.3, 0.4) is 0 Å². The minimum absolute atomic E-state index is 0.0745. The predicted octanol–water partition coefficient (Wildman–Crippen LogP) is 4.63. The van der Waals surface area contributed by atoms with Crippen LogP contribution in [0.15, 0.2) is 53.7 Å². The summed E-state index contributed by atoms with van der Waals surface area (Å²) in [6, 6.07) is 15.9. The van der Waals surface area contributed by atoms with Gasteiger partial charge in [0.15, 0.2) is 5.82 Å². The fourth-order valence-electron chi connectivity index (χ4n) is 2.55. The van der Waals surface area contributed by atoms with Gasteiger partial charge in [-0.05, 0) is 36.1 Å². The Morgan fingerprint density at radius 2 is 1.88 bits per heavy atom. The molecular weight excluding hydrogens is 344 g/mol. The van der Waals surface area contributed by atoms with E-state index in [1.807, 2.05) is 55.5 Å². The number of hydrogen-bond donors (Lipinski definition) is 2. The maximum Gasteiger partial charge on any atom is 0.234 e. The molecule has 6 heteroatoms. The smallest absolute Gasteiger partial charge is 0.234 e. The van der Waals surface area contributed by atoms with Gasteiger partial charge in [0.25, 0.3) is 0 Å². The predicted molar refractivity (Wildman–Crippen MR) is 106 cm³/mol. The molecule has 0 radical (unpaired) electrons. The molecule has 0 spiro atoms. The highest BCUT2D eigenvalue weighted by Gasteiger charge is 2.10. The highest BCUT2D eigenvalue weighted by atomic mass is 32.2. The molecule has 0 aliphatic carbocycles. The van der Waals surface area contributed by atoms with Crippen LogP contribution in [0, 0.1) is 6.92 Å². The normalized spacial score (nSPS) is 10.9. The van der Waals surface area contributed by atoms with Gasteiger partial charge < -0.3 is 5.32 Å². The maximum absolute atomic E-state index is 12.1. The molecule has 0 aliphatic rings.